The molecule has 7 nitrogen and oxygen atoms in total. The first-order valence-corrected chi connectivity index (χ1v) is 12.6. The van der Waals surface area contributed by atoms with Crippen molar-refractivity contribution in [3.63, 3.8) is 0 Å². The molecule has 3 aliphatic rings. The summed E-state index contributed by atoms with van der Waals surface area (Å²) in [6.45, 7) is 8.52. The Hall–Kier alpha value is -0.260. The Labute approximate surface area is 203 Å². The van der Waals surface area contributed by atoms with E-state index in [0.717, 1.165) is 45.0 Å². The van der Waals surface area contributed by atoms with Crippen molar-refractivity contribution in [2.24, 2.45) is 10.7 Å². The molecule has 2 heterocycles. The van der Waals surface area contributed by atoms with Crippen LogP contribution in [0.15, 0.2) is 4.99 Å². The van der Waals surface area contributed by atoms with Gasteiger partial charge in [-0.15, -0.1) is 24.0 Å². The first kappa shape index (κ1) is 26.0. The number of nitrogens with two attached hydrogens (primary N) is 1. The van der Waals surface area contributed by atoms with Crippen molar-refractivity contribution < 1.29 is 4.79 Å². The molecule has 0 spiro atoms. The number of hydrogen-bond acceptors (Lipinski definition) is 5. The van der Waals surface area contributed by atoms with Gasteiger partial charge in [-0.2, -0.15) is 11.8 Å². The lowest BCUT2D eigenvalue weighted by molar-refractivity contribution is -0.119. The summed E-state index contributed by atoms with van der Waals surface area (Å²) in [7, 11) is 0. The van der Waals surface area contributed by atoms with Gasteiger partial charge in [-0.25, -0.2) is 0 Å². The highest BCUT2D eigenvalue weighted by Gasteiger charge is 2.38. The van der Waals surface area contributed by atoms with Crippen LogP contribution in [0, 0.1) is 0 Å². The Morgan fingerprint density at radius 1 is 1.13 bits per heavy atom. The van der Waals surface area contributed by atoms with Gasteiger partial charge in [-0.1, -0.05) is 19.3 Å². The molecular formula is C21H41IN6OS. The third-order valence-corrected chi connectivity index (χ3v) is 7.59. The zero-order chi connectivity index (χ0) is 20.5. The second-order valence-corrected chi connectivity index (χ2v) is 9.97. The summed E-state index contributed by atoms with van der Waals surface area (Å²) in [5.74, 6) is 3.23. The van der Waals surface area contributed by atoms with Crippen LogP contribution in [0.2, 0.25) is 0 Å². The fourth-order valence-electron chi connectivity index (χ4n) is 5.02. The highest BCUT2D eigenvalue weighted by molar-refractivity contribution is 14.0. The number of piperidine rings is 1. The zero-order valence-electron chi connectivity index (χ0n) is 18.5. The Balaban J connectivity index is 0.00000320. The molecule has 4 N–H and O–H groups in total. The SMILES string of the molecule is CCNC(=NCC1(N2CCSCC2)CCCCC1)NC1CCN(CC(N)=O)CC1.I. The van der Waals surface area contributed by atoms with Crippen molar-refractivity contribution in [2.75, 3.05) is 57.3 Å². The van der Waals surface area contributed by atoms with Crippen molar-refractivity contribution in [1.82, 2.24) is 20.4 Å². The summed E-state index contributed by atoms with van der Waals surface area (Å²) in [4.78, 5) is 21.1. The van der Waals surface area contributed by atoms with E-state index in [1.54, 1.807) is 0 Å². The summed E-state index contributed by atoms with van der Waals surface area (Å²) in [6, 6.07) is 0.408. The number of carbonyl (C=O) groups is 1. The van der Waals surface area contributed by atoms with Crippen molar-refractivity contribution in [3.05, 3.63) is 0 Å². The molecule has 0 aromatic heterocycles. The number of likely N-dealkylation sites (tertiary alicyclic amines) is 1. The van der Waals surface area contributed by atoms with Gasteiger partial charge in [0.1, 0.15) is 0 Å². The first-order valence-electron chi connectivity index (χ1n) is 11.5. The third kappa shape index (κ3) is 7.70. The lowest BCUT2D eigenvalue weighted by Crippen LogP contribution is -2.56. The van der Waals surface area contributed by atoms with E-state index in [1.807, 2.05) is 0 Å². The van der Waals surface area contributed by atoms with E-state index in [9.17, 15) is 4.79 Å². The lowest BCUT2D eigenvalue weighted by atomic mass is 9.80. The standard InChI is InChI=1S/C21H40N6OS.HI/c1-2-23-20(25-18-6-10-26(11-7-18)16-19(22)28)24-17-21(8-4-3-5-9-21)27-12-14-29-15-13-27;/h18H,2-17H2,1H3,(H2,22,28)(H2,23,24,25);1H. The number of amides is 1. The number of guanidine groups is 1. The first-order chi connectivity index (χ1) is 14.1. The van der Waals surface area contributed by atoms with Crippen LogP contribution in [0.5, 0.6) is 0 Å². The molecule has 0 bridgehead atoms. The van der Waals surface area contributed by atoms with Gasteiger partial charge in [0.05, 0.1) is 13.1 Å². The van der Waals surface area contributed by atoms with Crippen molar-refractivity contribution in [3.8, 4) is 0 Å². The minimum Gasteiger partial charge on any atom is -0.369 e. The number of aliphatic imine (C=N–C) groups is 1. The van der Waals surface area contributed by atoms with Gasteiger partial charge in [0.25, 0.3) is 0 Å². The largest absolute Gasteiger partial charge is 0.369 e. The molecule has 0 aromatic rings. The molecule has 1 amide bonds. The minimum absolute atomic E-state index is 0. The quantitative estimate of drug-likeness (QED) is 0.254. The van der Waals surface area contributed by atoms with Crippen LogP contribution in [0.3, 0.4) is 0 Å². The van der Waals surface area contributed by atoms with E-state index >= 15 is 0 Å². The van der Waals surface area contributed by atoms with Crippen LogP contribution in [0.1, 0.15) is 51.9 Å². The highest BCUT2D eigenvalue weighted by atomic mass is 127. The Kier molecular flexibility index (Phi) is 11.5. The monoisotopic (exact) mass is 552 g/mol. The molecule has 2 saturated heterocycles. The van der Waals surface area contributed by atoms with Gasteiger partial charge >= 0.3 is 0 Å². The Morgan fingerprint density at radius 3 is 2.40 bits per heavy atom. The molecule has 0 atom stereocenters. The number of nitrogens with zero attached hydrogens (tertiary/aromatic N) is 3. The van der Waals surface area contributed by atoms with E-state index in [2.05, 4.69) is 39.1 Å². The van der Waals surface area contributed by atoms with Gasteiger partial charge in [0, 0.05) is 55.8 Å². The van der Waals surface area contributed by atoms with Gasteiger partial charge in [-0.3, -0.25) is 19.6 Å². The second-order valence-electron chi connectivity index (χ2n) is 8.74. The smallest absolute Gasteiger partial charge is 0.231 e. The van der Waals surface area contributed by atoms with Crippen LogP contribution in [-0.4, -0.2) is 90.6 Å². The molecule has 0 aromatic carbocycles. The molecule has 30 heavy (non-hydrogen) atoms. The van der Waals surface area contributed by atoms with Crippen LogP contribution >= 0.6 is 35.7 Å². The number of carbonyl (C=O) groups excluding carboxylic acids is 1. The van der Waals surface area contributed by atoms with Gasteiger partial charge < -0.3 is 16.4 Å². The Bertz CT molecular complexity index is 544. The predicted octanol–water partition coefficient (Wildman–Crippen LogP) is 1.86. The summed E-state index contributed by atoms with van der Waals surface area (Å²) in [5.41, 5.74) is 5.59. The average Bonchev–Trinajstić information content (AvgIpc) is 2.74. The zero-order valence-corrected chi connectivity index (χ0v) is 21.7. The van der Waals surface area contributed by atoms with Gasteiger partial charge in [0.15, 0.2) is 5.96 Å². The number of thioether (sulfide) groups is 1. The van der Waals surface area contributed by atoms with E-state index < -0.39 is 0 Å². The predicted molar refractivity (Wildman–Crippen MR) is 138 cm³/mol. The second kappa shape index (κ2) is 13.3. The fourth-order valence-corrected chi connectivity index (χ4v) is 5.92. The molecule has 1 aliphatic carbocycles. The van der Waals surface area contributed by atoms with Gasteiger partial charge in [-0.05, 0) is 32.6 Å². The highest BCUT2D eigenvalue weighted by Crippen LogP contribution is 2.35. The number of nitrogens with one attached hydrogen (secondary N) is 2. The van der Waals surface area contributed by atoms with Crippen molar-refractivity contribution >= 4 is 47.6 Å². The summed E-state index contributed by atoms with van der Waals surface area (Å²) in [6.07, 6.45) is 8.65. The van der Waals surface area contributed by atoms with Crippen LogP contribution in [0.25, 0.3) is 0 Å². The van der Waals surface area contributed by atoms with Crippen LogP contribution in [0.4, 0.5) is 0 Å². The van der Waals surface area contributed by atoms with Crippen LogP contribution in [-0.2, 0) is 4.79 Å². The molecule has 0 unspecified atom stereocenters. The Morgan fingerprint density at radius 2 is 1.80 bits per heavy atom. The molecular weight excluding hydrogens is 511 g/mol. The number of rotatable bonds is 7. The van der Waals surface area contributed by atoms with Crippen LogP contribution < -0.4 is 16.4 Å². The third-order valence-electron chi connectivity index (χ3n) is 6.65. The topological polar surface area (TPSA) is 86.0 Å². The normalized spacial score (nSPS) is 24.1. The van der Waals surface area contributed by atoms with Crippen molar-refractivity contribution in [2.45, 2.75) is 63.5 Å². The summed E-state index contributed by atoms with van der Waals surface area (Å²) in [5, 5.41) is 7.13. The molecule has 0 radical (unpaired) electrons. The maximum Gasteiger partial charge on any atom is 0.231 e. The molecule has 174 valence electrons. The van der Waals surface area contributed by atoms with E-state index in [1.165, 1.54) is 56.7 Å². The number of primary amides is 1. The maximum atomic E-state index is 11.1. The molecule has 3 fully saturated rings. The minimum atomic E-state index is -0.236. The number of halogens is 1. The lowest BCUT2D eigenvalue weighted by Gasteiger charge is -2.47. The van der Waals surface area contributed by atoms with E-state index in [-0.39, 0.29) is 35.4 Å². The maximum absolute atomic E-state index is 11.1. The number of hydrogen-bond donors (Lipinski definition) is 3. The molecule has 2 aliphatic heterocycles. The van der Waals surface area contributed by atoms with Gasteiger partial charge in [0.2, 0.25) is 5.91 Å². The van der Waals surface area contributed by atoms with E-state index in [0.29, 0.717) is 12.6 Å². The molecule has 1 saturated carbocycles. The summed E-state index contributed by atoms with van der Waals surface area (Å²) >= 11 is 2.09. The molecule has 3 rings (SSSR count). The summed E-state index contributed by atoms with van der Waals surface area (Å²) < 4.78 is 0. The average molecular weight is 553 g/mol. The fraction of sp³-hybridized carbons (Fsp3) is 0.905. The van der Waals surface area contributed by atoms with E-state index in [4.69, 9.17) is 10.7 Å². The molecule has 9 heteroatoms. The van der Waals surface area contributed by atoms with Crippen molar-refractivity contribution in [1.29, 1.82) is 0 Å².